The molecule has 4 heteroatoms. The number of hydrogen-bond donors (Lipinski definition) is 0. The minimum atomic E-state index is -0.529. The first-order valence-corrected chi connectivity index (χ1v) is 13.6. The molecule has 4 saturated carbocycles. The number of rotatable bonds is 1. The molecule has 4 nitrogen and oxygen atoms in total. The number of carbonyl (C=O) groups is 3. The SMILES string of the molecule is COC(=O)[C@]12CCC(C)(C)C[C@H]1[C@H]1C(=O)C=C3[C@@]4(C)CCC(=O)[C@@H](C)[C@@H]4CC[C@@]3(C)[C@]1(C)CC2. The van der Waals surface area contributed by atoms with Crippen molar-refractivity contribution in [2.75, 3.05) is 7.11 Å². The molecule has 8 atom stereocenters. The molecule has 0 aromatic carbocycles. The van der Waals surface area contributed by atoms with Gasteiger partial charge in [-0.25, -0.2) is 0 Å². The van der Waals surface area contributed by atoms with Crippen LogP contribution in [0.25, 0.3) is 0 Å². The molecular formula is C30H44O4. The number of allylic oxidation sites excluding steroid dienone is 2. The minimum absolute atomic E-state index is 0.0296. The molecule has 0 amide bonds. The highest BCUT2D eigenvalue weighted by atomic mass is 16.5. The van der Waals surface area contributed by atoms with Crippen molar-refractivity contribution in [3.63, 3.8) is 0 Å². The average Bonchev–Trinajstić information content (AvgIpc) is 2.77. The lowest BCUT2D eigenvalue weighted by molar-refractivity contribution is -0.191. The first-order valence-electron chi connectivity index (χ1n) is 13.6. The average molecular weight is 469 g/mol. The monoisotopic (exact) mass is 468 g/mol. The molecule has 188 valence electrons. The molecule has 5 rings (SSSR count). The van der Waals surface area contributed by atoms with E-state index in [1.54, 1.807) is 0 Å². The van der Waals surface area contributed by atoms with E-state index in [0.29, 0.717) is 18.1 Å². The summed E-state index contributed by atoms with van der Waals surface area (Å²) in [5, 5.41) is 0. The molecule has 4 fully saturated rings. The van der Waals surface area contributed by atoms with Gasteiger partial charge in [-0.15, -0.1) is 0 Å². The lowest BCUT2D eigenvalue weighted by atomic mass is 9.34. The van der Waals surface area contributed by atoms with Gasteiger partial charge in [-0.3, -0.25) is 14.4 Å². The number of esters is 1. The van der Waals surface area contributed by atoms with E-state index >= 15 is 0 Å². The van der Waals surface area contributed by atoms with E-state index in [0.717, 1.165) is 51.4 Å². The van der Waals surface area contributed by atoms with E-state index in [9.17, 15) is 14.4 Å². The second kappa shape index (κ2) is 7.29. The first kappa shape index (κ1) is 24.3. The predicted molar refractivity (Wildman–Crippen MR) is 132 cm³/mol. The van der Waals surface area contributed by atoms with E-state index < -0.39 is 5.41 Å². The lowest BCUT2D eigenvalue weighted by Gasteiger charge is -2.68. The summed E-state index contributed by atoms with van der Waals surface area (Å²) in [6, 6.07) is 0. The molecule has 5 aliphatic rings. The Morgan fingerprint density at radius 1 is 0.941 bits per heavy atom. The number of ketones is 2. The maximum absolute atomic E-state index is 14.2. The fourth-order valence-electron chi connectivity index (χ4n) is 9.99. The zero-order chi connectivity index (χ0) is 24.9. The van der Waals surface area contributed by atoms with Crippen LogP contribution in [0.2, 0.25) is 0 Å². The minimum Gasteiger partial charge on any atom is -0.469 e. The van der Waals surface area contributed by atoms with Gasteiger partial charge in [0, 0.05) is 18.3 Å². The van der Waals surface area contributed by atoms with Gasteiger partial charge in [0.05, 0.1) is 12.5 Å². The van der Waals surface area contributed by atoms with Crippen molar-refractivity contribution in [1.82, 2.24) is 0 Å². The number of ether oxygens (including phenoxy) is 1. The number of hydrogen-bond acceptors (Lipinski definition) is 4. The number of fused-ring (bicyclic) bond motifs is 7. The summed E-state index contributed by atoms with van der Waals surface area (Å²) in [6.07, 6.45) is 10.0. The molecule has 0 spiro atoms. The molecule has 0 aromatic heterocycles. The molecule has 0 aromatic rings. The van der Waals surface area contributed by atoms with Crippen LogP contribution in [0.3, 0.4) is 0 Å². The standard InChI is InChI=1S/C30H44O4/c1-18-19-8-11-28(5)23(27(19,4)10-9-21(18)31)16-22(32)24-20-17-26(2,3)12-14-30(20,25(33)34-7)15-13-29(24,28)6/h16,18-20,24H,8-15,17H2,1-7H3/t18-,19-,20-,24-,27-,28+,29+,30-/m0/s1. The Bertz CT molecular complexity index is 976. The summed E-state index contributed by atoms with van der Waals surface area (Å²) in [7, 11) is 1.51. The molecule has 0 N–H and O–H groups in total. The number of Topliss-reactive ketones (excluding diaryl/α,β-unsaturated/α-hetero) is 1. The largest absolute Gasteiger partial charge is 0.469 e. The Morgan fingerprint density at radius 3 is 2.29 bits per heavy atom. The summed E-state index contributed by atoms with van der Waals surface area (Å²) < 4.78 is 5.41. The maximum Gasteiger partial charge on any atom is 0.312 e. The Morgan fingerprint density at radius 2 is 1.62 bits per heavy atom. The van der Waals surface area contributed by atoms with Gasteiger partial charge in [0.25, 0.3) is 0 Å². The maximum atomic E-state index is 14.2. The van der Waals surface area contributed by atoms with Crippen molar-refractivity contribution >= 4 is 17.5 Å². The van der Waals surface area contributed by atoms with Gasteiger partial charge in [0.15, 0.2) is 5.78 Å². The Balaban J connectivity index is 1.65. The molecular weight excluding hydrogens is 424 g/mol. The Kier molecular flexibility index (Phi) is 5.20. The van der Waals surface area contributed by atoms with Crippen LogP contribution < -0.4 is 0 Å². The smallest absolute Gasteiger partial charge is 0.312 e. The van der Waals surface area contributed by atoms with E-state index in [4.69, 9.17) is 4.74 Å². The second-order valence-electron chi connectivity index (χ2n) is 14.1. The molecule has 0 bridgehead atoms. The highest BCUT2D eigenvalue weighted by Gasteiger charge is 2.70. The van der Waals surface area contributed by atoms with Gasteiger partial charge in [0.2, 0.25) is 0 Å². The van der Waals surface area contributed by atoms with Crippen molar-refractivity contribution in [3.8, 4) is 0 Å². The van der Waals surface area contributed by atoms with Crippen LogP contribution in [0.4, 0.5) is 0 Å². The van der Waals surface area contributed by atoms with Gasteiger partial charge < -0.3 is 4.74 Å². The van der Waals surface area contributed by atoms with E-state index in [1.165, 1.54) is 12.7 Å². The third-order valence-electron chi connectivity index (χ3n) is 12.3. The van der Waals surface area contributed by atoms with Crippen molar-refractivity contribution in [1.29, 1.82) is 0 Å². The summed E-state index contributed by atoms with van der Waals surface area (Å²) in [4.78, 5) is 40.1. The van der Waals surface area contributed by atoms with Crippen LogP contribution in [0, 0.1) is 50.7 Å². The van der Waals surface area contributed by atoms with Crippen LogP contribution in [0.1, 0.15) is 99.3 Å². The van der Waals surface area contributed by atoms with Gasteiger partial charge in [-0.2, -0.15) is 0 Å². The molecule has 0 unspecified atom stereocenters. The van der Waals surface area contributed by atoms with Crippen molar-refractivity contribution in [2.45, 2.75) is 99.3 Å². The normalized spacial score (nSPS) is 49.7. The summed E-state index contributed by atoms with van der Waals surface area (Å²) in [5.41, 5.74) is 0.559. The molecule has 0 radical (unpaired) electrons. The quantitative estimate of drug-likeness (QED) is 0.423. The van der Waals surface area contributed by atoms with E-state index in [-0.39, 0.29) is 51.2 Å². The predicted octanol–water partition coefficient (Wildman–Crippen LogP) is 6.32. The van der Waals surface area contributed by atoms with Crippen LogP contribution in [0.5, 0.6) is 0 Å². The summed E-state index contributed by atoms with van der Waals surface area (Å²) in [5.74, 6) is 0.811. The van der Waals surface area contributed by atoms with Crippen LogP contribution in [-0.4, -0.2) is 24.6 Å². The zero-order valence-electron chi connectivity index (χ0n) is 22.4. The van der Waals surface area contributed by atoms with Gasteiger partial charge >= 0.3 is 5.97 Å². The molecule has 5 aliphatic carbocycles. The van der Waals surface area contributed by atoms with Crippen LogP contribution in [0.15, 0.2) is 11.6 Å². The fraction of sp³-hybridized carbons (Fsp3) is 0.833. The number of carbonyl (C=O) groups excluding carboxylic acids is 3. The third kappa shape index (κ3) is 2.86. The molecule has 0 heterocycles. The van der Waals surface area contributed by atoms with Gasteiger partial charge in [0.1, 0.15) is 5.78 Å². The third-order valence-corrected chi connectivity index (χ3v) is 12.3. The lowest BCUT2D eigenvalue weighted by Crippen LogP contribution is -2.65. The molecule has 0 aliphatic heterocycles. The Labute approximate surface area is 205 Å². The van der Waals surface area contributed by atoms with Crippen molar-refractivity contribution < 1.29 is 19.1 Å². The first-order chi connectivity index (χ1) is 15.8. The highest BCUT2D eigenvalue weighted by Crippen LogP contribution is 2.74. The van der Waals surface area contributed by atoms with Crippen LogP contribution >= 0.6 is 0 Å². The molecule has 34 heavy (non-hydrogen) atoms. The van der Waals surface area contributed by atoms with Crippen molar-refractivity contribution in [2.24, 2.45) is 50.7 Å². The van der Waals surface area contributed by atoms with E-state index in [1.807, 2.05) is 6.08 Å². The van der Waals surface area contributed by atoms with Crippen molar-refractivity contribution in [3.05, 3.63) is 11.6 Å². The highest BCUT2D eigenvalue weighted by molar-refractivity contribution is 5.96. The van der Waals surface area contributed by atoms with Gasteiger partial charge in [-0.05, 0) is 90.9 Å². The summed E-state index contributed by atoms with van der Waals surface area (Å²) >= 11 is 0. The van der Waals surface area contributed by atoms with Crippen LogP contribution in [-0.2, 0) is 19.1 Å². The number of methoxy groups -OCH3 is 1. The van der Waals surface area contributed by atoms with E-state index in [2.05, 4.69) is 41.5 Å². The fourth-order valence-corrected chi connectivity index (χ4v) is 9.99. The topological polar surface area (TPSA) is 60.4 Å². The Hall–Kier alpha value is -1.45. The molecule has 0 saturated heterocycles. The zero-order valence-corrected chi connectivity index (χ0v) is 22.4. The summed E-state index contributed by atoms with van der Waals surface area (Å²) in [6.45, 7) is 13.8. The second-order valence-corrected chi connectivity index (χ2v) is 14.1. The van der Waals surface area contributed by atoms with Gasteiger partial charge in [-0.1, -0.05) is 47.1 Å².